The number of benzene rings is 1. The summed E-state index contributed by atoms with van der Waals surface area (Å²) in [5.41, 5.74) is 2.44. The van der Waals surface area contributed by atoms with Crippen molar-refractivity contribution in [2.75, 3.05) is 6.61 Å². The molecule has 0 aliphatic carbocycles. The highest BCUT2D eigenvalue weighted by Gasteiger charge is 2.50. The third-order valence-corrected chi connectivity index (χ3v) is 13.8. The number of aliphatic carboxylic acids is 3. The van der Waals surface area contributed by atoms with Crippen LogP contribution in [0.5, 0.6) is 0 Å². The molecule has 17 nitrogen and oxygen atoms in total. The molecule has 2 amide bonds. The van der Waals surface area contributed by atoms with E-state index >= 15 is 0 Å². The average Bonchev–Trinajstić information content (AvgIpc) is 3.37. The van der Waals surface area contributed by atoms with Crippen molar-refractivity contribution >= 4 is 41.7 Å². The van der Waals surface area contributed by atoms with Crippen LogP contribution in [-0.4, -0.2) is 111 Å². The van der Waals surface area contributed by atoms with Gasteiger partial charge in [0, 0.05) is 25.7 Å². The Morgan fingerprint density at radius 2 is 1.04 bits per heavy atom. The summed E-state index contributed by atoms with van der Waals surface area (Å²) in [5.74, 6) is -6.71. The molecule has 1 saturated heterocycles. The van der Waals surface area contributed by atoms with E-state index in [1.54, 1.807) is 0 Å². The summed E-state index contributed by atoms with van der Waals surface area (Å²) in [5, 5.41) is 46.1. The van der Waals surface area contributed by atoms with Gasteiger partial charge in [-0.1, -0.05) is 180 Å². The van der Waals surface area contributed by atoms with Crippen LogP contribution >= 0.6 is 0 Å². The molecule has 0 radical (unpaired) electrons. The molecule has 17 heteroatoms. The number of hydrogen-bond donors (Lipinski definition) is 6. The Morgan fingerprint density at radius 1 is 0.573 bits per heavy atom. The van der Waals surface area contributed by atoms with Crippen LogP contribution in [0.2, 0.25) is 0 Å². The minimum absolute atomic E-state index is 0.0237. The van der Waals surface area contributed by atoms with E-state index < -0.39 is 110 Å². The number of carboxylic acids is 3. The molecule has 1 fully saturated rings. The minimum atomic E-state index is -1.78. The van der Waals surface area contributed by atoms with Crippen LogP contribution in [-0.2, 0) is 65.4 Å². The smallest absolute Gasteiger partial charge is 0.328 e. The van der Waals surface area contributed by atoms with Crippen LogP contribution in [0.1, 0.15) is 237 Å². The Balaban J connectivity index is 2.24. The lowest BCUT2D eigenvalue weighted by Gasteiger charge is -2.44. The normalized spacial score (nSPS) is 17.8. The van der Waals surface area contributed by atoms with Gasteiger partial charge in [-0.05, 0) is 56.1 Å². The second-order valence-electron chi connectivity index (χ2n) is 20.5. The molecule has 6 N–H and O–H groups in total. The zero-order chi connectivity index (χ0) is 55.1. The van der Waals surface area contributed by atoms with Crippen molar-refractivity contribution in [2.24, 2.45) is 0 Å². The molecule has 1 aliphatic rings. The number of nitrogens with one attached hydrogen (secondary N) is 2. The van der Waals surface area contributed by atoms with Crippen molar-refractivity contribution in [1.82, 2.24) is 10.6 Å². The Hall–Kier alpha value is -4.61. The first kappa shape index (κ1) is 66.5. The summed E-state index contributed by atoms with van der Waals surface area (Å²) in [7, 11) is 0. The summed E-state index contributed by atoms with van der Waals surface area (Å²) in [4.78, 5) is 89.4. The number of unbranched alkanes of at least 4 members (excludes halogenated alkanes) is 22. The van der Waals surface area contributed by atoms with Gasteiger partial charge in [-0.15, -0.1) is 0 Å². The lowest BCUT2D eigenvalue weighted by molar-refractivity contribution is -0.286. The zero-order valence-electron chi connectivity index (χ0n) is 45.9. The third kappa shape index (κ3) is 31.9. The first-order valence-electron chi connectivity index (χ1n) is 28.8. The number of aliphatic hydroxyl groups is 1. The lowest BCUT2D eigenvalue weighted by Crippen LogP contribution is -2.66. The molecule has 0 saturated carbocycles. The van der Waals surface area contributed by atoms with Crippen LogP contribution in [0, 0.1) is 0 Å². The maximum Gasteiger partial charge on any atom is 0.328 e. The summed E-state index contributed by atoms with van der Waals surface area (Å²) < 4.78 is 23.6. The molecule has 1 aliphatic heterocycles. The van der Waals surface area contributed by atoms with Gasteiger partial charge < -0.3 is 50.0 Å². The minimum Gasteiger partial charge on any atom is -0.481 e. The van der Waals surface area contributed by atoms with Crippen LogP contribution < -0.4 is 10.6 Å². The van der Waals surface area contributed by atoms with E-state index in [9.17, 15) is 54.0 Å². The molecule has 0 aromatic heterocycles. The number of carbonyl (C=O) groups is 7. The van der Waals surface area contributed by atoms with Crippen molar-refractivity contribution in [3.63, 3.8) is 0 Å². The van der Waals surface area contributed by atoms with Crippen LogP contribution in [0.3, 0.4) is 0 Å². The van der Waals surface area contributed by atoms with E-state index in [1.165, 1.54) is 75.3 Å². The standard InChI is InChI=1S/C58H96N2O15/c1-4-7-9-11-13-15-17-19-21-23-27-32-49(62)60-54-56(75-53(69)33-29-24-22-20-18-16-14-12-10-8-5-2)55(70)47(74-58(54)73-45(40-51(65)66)41-52(67)68)42-72-57(71)46(38-39-50(63)64)59-48(61)31-28-25-26-30-44-36-34-43(6-3)35-37-44/h34-37,45-47,54-56,58,70H,4-33,38-42H2,1-3H3,(H,59,61)(H,60,62)(H,63,64)(H,65,66)(H,67,68)/t46-,47-,54-,55-,56-,58+/m1/s1. The topological polar surface area (TPSA) is 261 Å². The van der Waals surface area contributed by atoms with Gasteiger partial charge in [0.1, 0.15) is 30.9 Å². The predicted octanol–water partition coefficient (Wildman–Crippen LogP) is 10.5. The van der Waals surface area contributed by atoms with Gasteiger partial charge in [-0.3, -0.25) is 28.8 Å². The number of aryl methyl sites for hydroxylation is 2. The van der Waals surface area contributed by atoms with E-state index in [4.69, 9.17) is 18.9 Å². The molecule has 428 valence electrons. The van der Waals surface area contributed by atoms with Gasteiger partial charge in [-0.2, -0.15) is 0 Å². The van der Waals surface area contributed by atoms with Crippen LogP contribution in [0.15, 0.2) is 24.3 Å². The highest BCUT2D eigenvalue weighted by atomic mass is 16.7. The maximum absolute atomic E-state index is 13.6. The monoisotopic (exact) mass is 1060 g/mol. The van der Waals surface area contributed by atoms with Gasteiger partial charge in [0.2, 0.25) is 11.8 Å². The quantitative estimate of drug-likeness (QED) is 0.0262. The summed E-state index contributed by atoms with van der Waals surface area (Å²) in [6, 6.07) is 5.53. The van der Waals surface area contributed by atoms with Gasteiger partial charge in [0.05, 0.1) is 18.9 Å². The SMILES string of the molecule is CCCCCCCCCCCCCC(=O)N[C@H]1[C@@H](OC(CC(=O)O)CC(=O)O)O[C@H](COC(=O)[C@@H](CCC(=O)O)NC(=O)CCCCCc2ccc(CC)cc2)[C@@H](O)[C@@H]1OC(=O)CCCCCCCCCCCCC. The van der Waals surface area contributed by atoms with Gasteiger partial charge in [0.15, 0.2) is 12.4 Å². The number of carbonyl (C=O) groups excluding carboxylic acids is 4. The molecule has 1 aromatic carbocycles. The van der Waals surface area contributed by atoms with Crippen molar-refractivity contribution in [3.8, 4) is 0 Å². The third-order valence-electron chi connectivity index (χ3n) is 13.8. The Kier molecular flexibility index (Phi) is 36.8. The first-order chi connectivity index (χ1) is 36.2. The van der Waals surface area contributed by atoms with Crippen molar-refractivity contribution in [1.29, 1.82) is 0 Å². The highest BCUT2D eigenvalue weighted by Crippen LogP contribution is 2.29. The largest absolute Gasteiger partial charge is 0.481 e. The number of carboxylic acid groups (broad SMARTS) is 3. The van der Waals surface area contributed by atoms with Crippen molar-refractivity contribution in [3.05, 3.63) is 35.4 Å². The molecular formula is C58H96N2O15. The number of amides is 2. The van der Waals surface area contributed by atoms with Crippen LogP contribution in [0.25, 0.3) is 0 Å². The molecule has 75 heavy (non-hydrogen) atoms. The second kappa shape index (κ2) is 41.5. The first-order valence-corrected chi connectivity index (χ1v) is 28.8. The zero-order valence-corrected chi connectivity index (χ0v) is 45.9. The second-order valence-corrected chi connectivity index (χ2v) is 20.5. The molecule has 1 heterocycles. The molecular weight excluding hydrogens is 965 g/mol. The fourth-order valence-corrected chi connectivity index (χ4v) is 9.34. The number of hydrogen-bond acceptors (Lipinski definition) is 12. The van der Waals surface area contributed by atoms with Gasteiger partial charge >= 0.3 is 29.8 Å². The molecule has 1 aromatic rings. The summed E-state index contributed by atoms with van der Waals surface area (Å²) in [6.45, 7) is 5.73. The van der Waals surface area contributed by atoms with Gasteiger partial charge in [-0.25, -0.2) is 4.79 Å². The fraction of sp³-hybridized carbons (Fsp3) is 0.776. The number of rotatable bonds is 46. The van der Waals surface area contributed by atoms with Crippen molar-refractivity contribution in [2.45, 2.75) is 282 Å². The number of esters is 2. The van der Waals surface area contributed by atoms with E-state index in [0.29, 0.717) is 19.3 Å². The lowest BCUT2D eigenvalue weighted by atomic mass is 9.95. The van der Waals surface area contributed by atoms with Crippen LogP contribution in [0.4, 0.5) is 0 Å². The Bertz CT molecular complexity index is 1740. The van der Waals surface area contributed by atoms with E-state index in [-0.39, 0.29) is 25.7 Å². The fourth-order valence-electron chi connectivity index (χ4n) is 9.34. The van der Waals surface area contributed by atoms with E-state index in [0.717, 1.165) is 89.9 Å². The summed E-state index contributed by atoms with van der Waals surface area (Å²) >= 11 is 0. The molecule has 2 rings (SSSR count). The molecule has 0 bridgehead atoms. The highest BCUT2D eigenvalue weighted by molar-refractivity contribution is 5.85. The Morgan fingerprint density at radius 3 is 1.53 bits per heavy atom. The average molecular weight is 1060 g/mol. The van der Waals surface area contributed by atoms with E-state index in [2.05, 4.69) is 55.7 Å². The predicted molar refractivity (Wildman–Crippen MR) is 286 cm³/mol. The number of ether oxygens (including phenoxy) is 4. The maximum atomic E-state index is 13.6. The summed E-state index contributed by atoms with van der Waals surface area (Å²) in [6.07, 6.45) is 16.8. The van der Waals surface area contributed by atoms with Crippen molar-refractivity contribution < 1.29 is 72.9 Å². The number of aliphatic hydroxyl groups excluding tert-OH is 1. The van der Waals surface area contributed by atoms with Gasteiger partial charge in [0.25, 0.3) is 0 Å². The molecule has 0 spiro atoms. The molecule has 6 atom stereocenters. The molecule has 0 unspecified atom stereocenters. The van der Waals surface area contributed by atoms with E-state index in [1.807, 2.05) is 0 Å². The Labute approximate surface area is 447 Å².